The summed E-state index contributed by atoms with van der Waals surface area (Å²) in [5, 5.41) is 16.0. The molecule has 134 valence electrons. The second kappa shape index (κ2) is 6.59. The molecule has 0 radical (unpaired) electrons. The Labute approximate surface area is 147 Å². The zero-order valence-electron chi connectivity index (χ0n) is 14.9. The number of aromatic nitrogens is 5. The molecule has 0 bridgehead atoms. The normalized spacial score (nSPS) is 20.6. The zero-order chi connectivity index (χ0) is 17.4. The molecule has 1 saturated heterocycles. The smallest absolute Gasteiger partial charge is 0.272 e. The van der Waals surface area contributed by atoms with Gasteiger partial charge < -0.3 is 9.88 Å². The van der Waals surface area contributed by atoms with Crippen LogP contribution in [-0.4, -0.2) is 54.5 Å². The summed E-state index contributed by atoms with van der Waals surface area (Å²) in [5.41, 5.74) is 1.48. The number of carbonyl (C=O) groups is 1. The molecule has 0 aromatic carbocycles. The first-order chi connectivity index (χ1) is 12.1. The Morgan fingerprint density at radius 1 is 1.32 bits per heavy atom. The van der Waals surface area contributed by atoms with Crippen molar-refractivity contribution in [1.82, 2.24) is 34.8 Å². The van der Waals surface area contributed by atoms with Crippen LogP contribution in [0.5, 0.6) is 0 Å². The second-order valence-corrected chi connectivity index (χ2v) is 7.13. The van der Waals surface area contributed by atoms with E-state index in [0.29, 0.717) is 5.69 Å². The molecule has 4 heterocycles. The van der Waals surface area contributed by atoms with Gasteiger partial charge in [-0.05, 0) is 38.8 Å². The molecule has 4 rings (SSSR count). The molecular weight excluding hydrogens is 318 g/mol. The number of aryl methyl sites for hydroxylation is 3. The quantitative estimate of drug-likeness (QED) is 0.882. The molecular formula is C17H25N7O. The van der Waals surface area contributed by atoms with E-state index >= 15 is 0 Å². The number of hydrogen-bond acceptors (Lipinski definition) is 5. The van der Waals surface area contributed by atoms with Gasteiger partial charge in [0.1, 0.15) is 17.3 Å². The van der Waals surface area contributed by atoms with E-state index in [-0.39, 0.29) is 11.9 Å². The van der Waals surface area contributed by atoms with Crippen molar-refractivity contribution in [1.29, 1.82) is 0 Å². The van der Waals surface area contributed by atoms with Gasteiger partial charge in [0.15, 0.2) is 0 Å². The highest BCUT2D eigenvalue weighted by molar-refractivity contribution is 5.92. The lowest BCUT2D eigenvalue weighted by Crippen LogP contribution is -2.47. The predicted molar refractivity (Wildman–Crippen MR) is 92.1 cm³/mol. The van der Waals surface area contributed by atoms with Crippen LogP contribution >= 0.6 is 0 Å². The van der Waals surface area contributed by atoms with Gasteiger partial charge in [0, 0.05) is 38.3 Å². The summed E-state index contributed by atoms with van der Waals surface area (Å²) in [7, 11) is 1.85. The molecule has 1 unspecified atom stereocenters. The van der Waals surface area contributed by atoms with Crippen molar-refractivity contribution in [3.63, 3.8) is 0 Å². The van der Waals surface area contributed by atoms with Gasteiger partial charge in [-0.25, -0.2) is 0 Å². The number of piperidine rings is 1. The van der Waals surface area contributed by atoms with Gasteiger partial charge in [-0.1, -0.05) is 0 Å². The van der Waals surface area contributed by atoms with Crippen molar-refractivity contribution in [2.75, 3.05) is 13.1 Å². The van der Waals surface area contributed by atoms with E-state index in [1.165, 1.54) is 6.42 Å². The number of hydrogen-bond donors (Lipinski definition) is 1. The molecule has 1 atom stereocenters. The first-order valence-corrected chi connectivity index (χ1v) is 9.05. The summed E-state index contributed by atoms with van der Waals surface area (Å²) >= 11 is 0. The molecule has 2 aliphatic rings. The maximum atomic E-state index is 12.4. The van der Waals surface area contributed by atoms with Gasteiger partial charge in [0.05, 0.1) is 6.54 Å². The molecule has 2 aromatic heterocycles. The third-order valence-corrected chi connectivity index (χ3v) is 5.24. The van der Waals surface area contributed by atoms with Crippen molar-refractivity contribution in [3.05, 3.63) is 29.1 Å². The van der Waals surface area contributed by atoms with Crippen LogP contribution in [0.1, 0.15) is 47.1 Å². The Morgan fingerprint density at radius 3 is 3.00 bits per heavy atom. The van der Waals surface area contributed by atoms with Crippen molar-refractivity contribution < 1.29 is 4.79 Å². The van der Waals surface area contributed by atoms with E-state index in [0.717, 1.165) is 62.8 Å². The maximum absolute atomic E-state index is 12.4. The number of nitrogens with one attached hydrogen (secondary N) is 1. The van der Waals surface area contributed by atoms with Crippen LogP contribution in [0.2, 0.25) is 0 Å². The average molecular weight is 343 g/mol. The van der Waals surface area contributed by atoms with Crippen LogP contribution in [0, 0.1) is 6.92 Å². The number of rotatable bonds is 4. The summed E-state index contributed by atoms with van der Waals surface area (Å²) in [6, 6.07) is 1.99. The van der Waals surface area contributed by atoms with E-state index in [1.807, 2.05) is 20.0 Å². The molecule has 0 aliphatic carbocycles. The van der Waals surface area contributed by atoms with Crippen molar-refractivity contribution in [2.24, 2.45) is 7.05 Å². The highest BCUT2D eigenvalue weighted by atomic mass is 16.2. The number of carbonyl (C=O) groups excluding carboxylic acids is 1. The first kappa shape index (κ1) is 16.3. The molecule has 2 aromatic rings. The fourth-order valence-corrected chi connectivity index (χ4v) is 3.78. The molecule has 0 spiro atoms. The molecule has 0 saturated carbocycles. The van der Waals surface area contributed by atoms with E-state index in [9.17, 15) is 4.79 Å². The molecule has 8 heteroatoms. The molecule has 8 nitrogen and oxygen atoms in total. The van der Waals surface area contributed by atoms with Crippen molar-refractivity contribution in [2.45, 2.75) is 51.7 Å². The Kier molecular flexibility index (Phi) is 4.29. The molecule has 1 amide bonds. The van der Waals surface area contributed by atoms with Crippen LogP contribution in [0.3, 0.4) is 0 Å². The summed E-state index contributed by atoms with van der Waals surface area (Å²) < 4.78 is 3.98. The SMILES string of the molecule is Cc1cc(C(=O)NC2CCCN(Cc3nnc4n3CCC4)C2)nn1C. The summed E-state index contributed by atoms with van der Waals surface area (Å²) in [6.45, 7) is 5.67. The van der Waals surface area contributed by atoms with Gasteiger partial charge >= 0.3 is 0 Å². The maximum Gasteiger partial charge on any atom is 0.272 e. The monoisotopic (exact) mass is 343 g/mol. The highest BCUT2D eigenvalue weighted by Gasteiger charge is 2.25. The van der Waals surface area contributed by atoms with Crippen LogP contribution in [0.25, 0.3) is 0 Å². The standard InChI is InChI=1S/C17H25N7O/c1-12-9-14(21-22(12)2)17(25)18-13-5-3-7-23(10-13)11-16-20-19-15-6-4-8-24(15)16/h9,13H,3-8,10-11H2,1-2H3,(H,18,25). The lowest BCUT2D eigenvalue weighted by molar-refractivity contribution is 0.0893. The third kappa shape index (κ3) is 3.30. The van der Waals surface area contributed by atoms with Gasteiger partial charge in [-0.2, -0.15) is 5.10 Å². The number of nitrogens with zero attached hydrogens (tertiary/aromatic N) is 6. The average Bonchev–Trinajstić information content (AvgIpc) is 3.27. The van der Waals surface area contributed by atoms with E-state index in [4.69, 9.17) is 0 Å². The second-order valence-electron chi connectivity index (χ2n) is 7.13. The van der Waals surface area contributed by atoms with Crippen molar-refractivity contribution >= 4 is 5.91 Å². The largest absolute Gasteiger partial charge is 0.347 e. The van der Waals surface area contributed by atoms with Gasteiger partial charge in [0.25, 0.3) is 5.91 Å². The molecule has 25 heavy (non-hydrogen) atoms. The number of likely N-dealkylation sites (tertiary alicyclic amines) is 1. The number of fused-ring (bicyclic) bond motifs is 1. The minimum atomic E-state index is -0.0843. The van der Waals surface area contributed by atoms with Crippen molar-refractivity contribution in [3.8, 4) is 0 Å². The highest BCUT2D eigenvalue weighted by Crippen LogP contribution is 2.18. The Bertz CT molecular complexity index is 759. The van der Waals surface area contributed by atoms with Crippen LogP contribution < -0.4 is 5.32 Å². The van der Waals surface area contributed by atoms with Crippen LogP contribution in [0.15, 0.2) is 6.07 Å². The van der Waals surface area contributed by atoms with Crippen LogP contribution in [-0.2, 0) is 26.6 Å². The summed E-state index contributed by atoms with van der Waals surface area (Å²) in [6.07, 6.45) is 4.29. The third-order valence-electron chi connectivity index (χ3n) is 5.24. The topological polar surface area (TPSA) is 80.9 Å². The molecule has 1 N–H and O–H groups in total. The van der Waals surface area contributed by atoms with Crippen LogP contribution in [0.4, 0.5) is 0 Å². The predicted octanol–water partition coefficient (Wildman–Crippen LogP) is 0.661. The van der Waals surface area contributed by atoms with Gasteiger partial charge in [-0.15, -0.1) is 10.2 Å². The minimum Gasteiger partial charge on any atom is -0.347 e. The van der Waals surface area contributed by atoms with E-state index in [1.54, 1.807) is 4.68 Å². The summed E-state index contributed by atoms with van der Waals surface area (Å²) in [5.74, 6) is 2.08. The molecule has 2 aliphatic heterocycles. The van der Waals surface area contributed by atoms with Gasteiger partial charge in [-0.3, -0.25) is 14.4 Å². The van der Waals surface area contributed by atoms with E-state index < -0.39 is 0 Å². The Morgan fingerprint density at radius 2 is 2.20 bits per heavy atom. The molecule has 1 fully saturated rings. The number of amides is 1. The summed E-state index contributed by atoms with van der Waals surface area (Å²) in [4.78, 5) is 14.8. The minimum absolute atomic E-state index is 0.0843. The van der Waals surface area contributed by atoms with Gasteiger partial charge in [0.2, 0.25) is 0 Å². The zero-order valence-corrected chi connectivity index (χ0v) is 14.9. The van der Waals surface area contributed by atoms with E-state index in [2.05, 4.69) is 30.1 Å². The lowest BCUT2D eigenvalue weighted by atomic mass is 10.1. The fourth-order valence-electron chi connectivity index (χ4n) is 3.78. The Hall–Kier alpha value is -2.22. The Balaban J connectivity index is 1.36. The lowest BCUT2D eigenvalue weighted by Gasteiger charge is -2.32. The first-order valence-electron chi connectivity index (χ1n) is 9.05. The fraction of sp³-hybridized carbons (Fsp3) is 0.647.